The average molecular weight is 252 g/mol. The van der Waals surface area contributed by atoms with Crippen molar-refractivity contribution in [1.82, 2.24) is 0 Å². The van der Waals surface area contributed by atoms with Crippen molar-refractivity contribution in [2.24, 2.45) is 0 Å². The molecule has 0 spiro atoms. The summed E-state index contributed by atoms with van der Waals surface area (Å²) in [6.45, 7) is 0.729. The number of fused-ring (bicyclic) bond motifs is 1. The van der Waals surface area contributed by atoms with Crippen molar-refractivity contribution in [3.63, 3.8) is 0 Å². The Morgan fingerprint density at radius 1 is 1.11 bits per heavy atom. The van der Waals surface area contributed by atoms with Crippen molar-refractivity contribution in [3.05, 3.63) is 59.9 Å². The number of Topliss-reactive ketones (excluding diaryl/α,β-unsaturated/α-hetero) is 1. The maximum absolute atomic E-state index is 12.2. The number of allylic oxidation sites excluding steroid dienone is 1. The lowest BCUT2D eigenvalue weighted by Gasteiger charge is -2.12. The minimum absolute atomic E-state index is 0.176. The number of hydrogen-bond donors (Lipinski definition) is 0. The van der Waals surface area contributed by atoms with Gasteiger partial charge in [0.1, 0.15) is 0 Å². The van der Waals surface area contributed by atoms with Gasteiger partial charge in [-0.2, -0.15) is 0 Å². The highest BCUT2D eigenvalue weighted by atomic mass is 16.5. The Balaban J connectivity index is 1.81. The molecule has 0 saturated carbocycles. The summed E-state index contributed by atoms with van der Waals surface area (Å²) >= 11 is 0. The number of ketones is 1. The molecule has 1 aliphatic rings. The van der Waals surface area contributed by atoms with Crippen molar-refractivity contribution in [3.8, 4) is 0 Å². The molecule has 1 aliphatic heterocycles. The lowest BCUT2D eigenvalue weighted by molar-refractivity contribution is -0.115. The summed E-state index contributed by atoms with van der Waals surface area (Å²) in [5, 5.41) is 2.39. The van der Waals surface area contributed by atoms with Gasteiger partial charge in [-0.05, 0) is 29.2 Å². The predicted octanol–water partition coefficient (Wildman–Crippen LogP) is 3.65. The normalized spacial score (nSPS) is 14.8. The maximum atomic E-state index is 12.2. The van der Waals surface area contributed by atoms with Crippen LogP contribution in [0.4, 0.5) is 0 Å². The van der Waals surface area contributed by atoms with Gasteiger partial charge in [-0.15, -0.1) is 0 Å². The Morgan fingerprint density at radius 3 is 2.74 bits per heavy atom. The van der Waals surface area contributed by atoms with Crippen LogP contribution in [-0.2, 0) is 16.0 Å². The van der Waals surface area contributed by atoms with E-state index in [-0.39, 0.29) is 5.78 Å². The van der Waals surface area contributed by atoms with E-state index in [9.17, 15) is 4.79 Å². The Kier molecular flexibility index (Phi) is 3.32. The first kappa shape index (κ1) is 12.0. The summed E-state index contributed by atoms with van der Waals surface area (Å²) in [6.07, 6.45) is 3.87. The van der Waals surface area contributed by atoms with Gasteiger partial charge in [-0.3, -0.25) is 4.79 Å². The van der Waals surface area contributed by atoms with Crippen LogP contribution in [0.5, 0.6) is 0 Å². The van der Waals surface area contributed by atoms with Gasteiger partial charge in [0.2, 0.25) is 0 Å². The van der Waals surface area contributed by atoms with Crippen LogP contribution in [0.15, 0.2) is 54.3 Å². The number of carbonyl (C=O) groups is 1. The first-order valence-corrected chi connectivity index (χ1v) is 6.64. The van der Waals surface area contributed by atoms with Gasteiger partial charge in [0, 0.05) is 12.0 Å². The van der Waals surface area contributed by atoms with Crippen LogP contribution in [0.25, 0.3) is 10.8 Å². The van der Waals surface area contributed by atoms with E-state index in [1.165, 1.54) is 10.8 Å². The Labute approximate surface area is 112 Å². The van der Waals surface area contributed by atoms with Gasteiger partial charge in [0.15, 0.2) is 5.78 Å². The van der Waals surface area contributed by atoms with Crippen molar-refractivity contribution in [2.45, 2.75) is 19.3 Å². The highest BCUT2D eigenvalue weighted by Crippen LogP contribution is 2.19. The molecular weight excluding hydrogens is 236 g/mol. The molecular formula is C17H16O2. The number of hydrogen-bond acceptors (Lipinski definition) is 2. The minimum atomic E-state index is 0.176. The van der Waals surface area contributed by atoms with E-state index in [0.29, 0.717) is 6.42 Å². The van der Waals surface area contributed by atoms with E-state index in [1.807, 2.05) is 18.2 Å². The minimum Gasteiger partial charge on any atom is -0.501 e. The first-order valence-electron chi connectivity index (χ1n) is 6.64. The molecule has 2 aromatic rings. The molecule has 0 fully saturated rings. The summed E-state index contributed by atoms with van der Waals surface area (Å²) in [5.74, 6) is 0.176. The third-order valence-corrected chi connectivity index (χ3v) is 3.47. The number of rotatable bonds is 3. The van der Waals surface area contributed by atoms with Crippen molar-refractivity contribution >= 4 is 16.6 Å². The van der Waals surface area contributed by atoms with Gasteiger partial charge in [0.25, 0.3) is 0 Å². The summed E-state index contributed by atoms with van der Waals surface area (Å²) in [4.78, 5) is 12.2. The Hall–Kier alpha value is -2.09. The Morgan fingerprint density at radius 2 is 1.95 bits per heavy atom. The third kappa shape index (κ3) is 2.68. The molecule has 0 saturated heterocycles. The molecule has 0 unspecified atom stereocenters. The molecule has 0 N–H and O–H groups in total. The van der Waals surface area contributed by atoms with E-state index in [0.717, 1.165) is 30.6 Å². The molecule has 0 aromatic heterocycles. The van der Waals surface area contributed by atoms with Crippen molar-refractivity contribution in [2.75, 3.05) is 6.61 Å². The predicted molar refractivity (Wildman–Crippen MR) is 75.9 cm³/mol. The zero-order valence-electron chi connectivity index (χ0n) is 10.8. The van der Waals surface area contributed by atoms with E-state index in [1.54, 1.807) is 6.26 Å². The van der Waals surface area contributed by atoms with Crippen LogP contribution >= 0.6 is 0 Å². The van der Waals surface area contributed by atoms with Crippen LogP contribution in [-0.4, -0.2) is 12.4 Å². The molecule has 0 aliphatic carbocycles. The molecule has 0 amide bonds. The molecule has 2 nitrogen and oxygen atoms in total. The van der Waals surface area contributed by atoms with Crippen LogP contribution < -0.4 is 0 Å². The number of carbonyl (C=O) groups excluding carboxylic acids is 1. The second-order valence-electron chi connectivity index (χ2n) is 4.90. The van der Waals surface area contributed by atoms with Gasteiger partial charge >= 0.3 is 0 Å². The first-order chi connectivity index (χ1) is 9.33. The molecule has 0 bridgehead atoms. The molecule has 0 atom stereocenters. The fourth-order valence-electron chi connectivity index (χ4n) is 2.42. The standard InChI is InChI=1S/C17H16O2/c18-17(16-6-3-9-19-12-16)11-13-7-8-14-4-1-2-5-15(14)10-13/h1-2,4-5,7-8,10,12H,3,6,9,11H2. The summed E-state index contributed by atoms with van der Waals surface area (Å²) in [5.41, 5.74) is 1.88. The second kappa shape index (κ2) is 5.27. The zero-order chi connectivity index (χ0) is 13.1. The smallest absolute Gasteiger partial charge is 0.166 e. The largest absolute Gasteiger partial charge is 0.501 e. The third-order valence-electron chi connectivity index (χ3n) is 3.47. The average Bonchev–Trinajstić information content (AvgIpc) is 2.48. The van der Waals surface area contributed by atoms with Gasteiger partial charge in [-0.1, -0.05) is 42.5 Å². The number of ether oxygens (including phenoxy) is 1. The number of benzene rings is 2. The van der Waals surface area contributed by atoms with E-state index < -0.39 is 0 Å². The maximum Gasteiger partial charge on any atom is 0.166 e. The van der Waals surface area contributed by atoms with Gasteiger partial charge < -0.3 is 4.74 Å². The fraction of sp³-hybridized carbons (Fsp3) is 0.235. The lowest BCUT2D eigenvalue weighted by atomic mass is 9.98. The fourth-order valence-corrected chi connectivity index (χ4v) is 2.42. The summed E-state index contributed by atoms with van der Waals surface area (Å²) in [6, 6.07) is 14.4. The van der Waals surface area contributed by atoms with Gasteiger partial charge in [0.05, 0.1) is 12.9 Å². The van der Waals surface area contributed by atoms with E-state index in [2.05, 4.69) is 24.3 Å². The summed E-state index contributed by atoms with van der Waals surface area (Å²) in [7, 11) is 0. The van der Waals surface area contributed by atoms with Crippen LogP contribution in [0, 0.1) is 0 Å². The lowest BCUT2D eigenvalue weighted by Crippen LogP contribution is -2.11. The van der Waals surface area contributed by atoms with Crippen molar-refractivity contribution in [1.29, 1.82) is 0 Å². The molecule has 19 heavy (non-hydrogen) atoms. The SMILES string of the molecule is O=C(Cc1ccc2ccccc2c1)C1=COCCC1. The highest BCUT2D eigenvalue weighted by Gasteiger charge is 2.13. The van der Waals surface area contributed by atoms with Crippen LogP contribution in [0.3, 0.4) is 0 Å². The highest BCUT2D eigenvalue weighted by molar-refractivity contribution is 5.97. The summed E-state index contributed by atoms with van der Waals surface area (Å²) < 4.78 is 5.23. The molecule has 0 radical (unpaired) electrons. The molecule has 96 valence electrons. The molecule has 1 heterocycles. The molecule has 3 rings (SSSR count). The monoisotopic (exact) mass is 252 g/mol. The van der Waals surface area contributed by atoms with E-state index in [4.69, 9.17) is 4.74 Å². The topological polar surface area (TPSA) is 26.3 Å². The van der Waals surface area contributed by atoms with Crippen LogP contribution in [0.1, 0.15) is 18.4 Å². The van der Waals surface area contributed by atoms with Crippen molar-refractivity contribution < 1.29 is 9.53 Å². The molecule has 2 heteroatoms. The molecule has 2 aromatic carbocycles. The van der Waals surface area contributed by atoms with E-state index >= 15 is 0 Å². The van der Waals surface area contributed by atoms with Gasteiger partial charge in [-0.25, -0.2) is 0 Å². The quantitative estimate of drug-likeness (QED) is 0.833. The Bertz CT molecular complexity index is 641. The second-order valence-corrected chi connectivity index (χ2v) is 4.90. The zero-order valence-corrected chi connectivity index (χ0v) is 10.8. The van der Waals surface area contributed by atoms with Crippen LogP contribution in [0.2, 0.25) is 0 Å².